The van der Waals surface area contributed by atoms with E-state index in [0.717, 1.165) is 11.5 Å². The molecule has 0 spiro atoms. The van der Waals surface area contributed by atoms with Gasteiger partial charge in [0.1, 0.15) is 11.5 Å². The van der Waals surface area contributed by atoms with Crippen molar-refractivity contribution in [2.24, 2.45) is 0 Å². The lowest BCUT2D eigenvalue weighted by atomic mass is 10.3. The van der Waals surface area contributed by atoms with Gasteiger partial charge in [0, 0.05) is 13.5 Å². The van der Waals surface area contributed by atoms with Crippen LogP contribution in [0.3, 0.4) is 0 Å². The quantitative estimate of drug-likeness (QED) is 0.779. The largest absolute Gasteiger partial charge is 0.481 e. The van der Waals surface area contributed by atoms with Gasteiger partial charge in [0.25, 0.3) is 0 Å². The van der Waals surface area contributed by atoms with Crippen molar-refractivity contribution in [3.63, 3.8) is 0 Å². The average molecular weight is 282 g/mol. The van der Waals surface area contributed by atoms with Crippen molar-refractivity contribution >= 4 is 11.9 Å². The van der Waals surface area contributed by atoms with Crippen LogP contribution in [0.25, 0.3) is 0 Å². The Morgan fingerprint density at radius 3 is 2.55 bits per heavy atom. The molecule has 0 saturated carbocycles. The molecule has 6 nitrogen and oxygen atoms in total. The highest BCUT2D eigenvalue weighted by molar-refractivity contribution is 5.77. The van der Waals surface area contributed by atoms with E-state index in [2.05, 4.69) is 0 Å². The molecule has 0 atom stereocenters. The Labute approximate surface area is 119 Å². The molecule has 0 aliphatic rings. The molecule has 1 heterocycles. The second-order valence-corrected chi connectivity index (χ2v) is 5.00. The maximum atomic E-state index is 12.0. The Bertz CT molecular complexity index is 456. The van der Waals surface area contributed by atoms with Gasteiger partial charge in [0.05, 0.1) is 13.1 Å². The van der Waals surface area contributed by atoms with Crippen LogP contribution in [0.4, 0.5) is 0 Å². The summed E-state index contributed by atoms with van der Waals surface area (Å²) < 4.78 is 5.43. The summed E-state index contributed by atoms with van der Waals surface area (Å²) in [7, 11) is 3.54. The molecule has 1 N–H and O–H groups in total. The second-order valence-electron chi connectivity index (χ2n) is 5.00. The van der Waals surface area contributed by atoms with E-state index in [1.165, 1.54) is 0 Å². The number of aliphatic carboxylic acids is 1. The van der Waals surface area contributed by atoms with Gasteiger partial charge in [0.2, 0.25) is 5.91 Å². The van der Waals surface area contributed by atoms with E-state index in [1.54, 1.807) is 11.9 Å². The molecule has 0 aliphatic heterocycles. The van der Waals surface area contributed by atoms with Gasteiger partial charge in [-0.2, -0.15) is 0 Å². The number of amides is 1. The molecule has 0 radical (unpaired) electrons. The van der Waals surface area contributed by atoms with Crippen LogP contribution in [-0.4, -0.2) is 54.0 Å². The lowest BCUT2D eigenvalue weighted by Crippen LogP contribution is -2.36. The number of likely N-dealkylation sites (N-methyl/N-ethyl adjacent to an activating group) is 2. The molecule has 0 unspecified atom stereocenters. The number of rotatable bonds is 8. The van der Waals surface area contributed by atoms with Crippen LogP contribution < -0.4 is 0 Å². The van der Waals surface area contributed by atoms with E-state index in [-0.39, 0.29) is 18.9 Å². The van der Waals surface area contributed by atoms with Gasteiger partial charge in [-0.15, -0.1) is 0 Å². The van der Waals surface area contributed by atoms with Crippen molar-refractivity contribution in [2.45, 2.75) is 26.3 Å². The SMILES string of the molecule is Cc1ccc(CN(C)C(=O)CN(C)CCCC(=O)O)o1. The topological polar surface area (TPSA) is 74.0 Å². The first kappa shape index (κ1) is 16.2. The average Bonchev–Trinajstić information content (AvgIpc) is 2.74. The number of carbonyl (C=O) groups excluding carboxylic acids is 1. The van der Waals surface area contributed by atoms with Crippen LogP contribution in [0.1, 0.15) is 24.4 Å². The Morgan fingerprint density at radius 1 is 1.30 bits per heavy atom. The predicted octanol–water partition coefficient (Wildman–Crippen LogP) is 1.34. The molecule has 1 rings (SSSR count). The summed E-state index contributed by atoms with van der Waals surface area (Å²) in [4.78, 5) is 25.8. The molecule has 112 valence electrons. The highest BCUT2D eigenvalue weighted by atomic mass is 16.4. The maximum absolute atomic E-state index is 12.0. The fourth-order valence-corrected chi connectivity index (χ4v) is 1.82. The summed E-state index contributed by atoms with van der Waals surface area (Å²) in [5.41, 5.74) is 0. The molecular weight excluding hydrogens is 260 g/mol. The van der Waals surface area contributed by atoms with Crippen LogP contribution in [0.2, 0.25) is 0 Å². The van der Waals surface area contributed by atoms with Crippen LogP contribution >= 0.6 is 0 Å². The Morgan fingerprint density at radius 2 is 2.00 bits per heavy atom. The minimum atomic E-state index is -0.810. The van der Waals surface area contributed by atoms with Crippen LogP contribution in [0, 0.1) is 6.92 Å². The second kappa shape index (κ2) is 7.69. The zero-order valence-corrected chi connectivity index (χ0v) is 12.3. The summed E-state index contributed by atoms with van der Waals surface area (Å²) >= 11 is 0. The zero-order valence-electron chi connectivity index (χ0n) is 12.3. The van der Waals surface area contributed by atoms with Gasteiger partial charge in [-0.1, -0.05) is 0 Å². The molecular formula is C14H22N2O4. The van der Waals surface area contributed by atoms with Gasteiger partial charge in [0.15, 0.2) is 0 Å². The van der Waals surface area contributed by atoms with E-state index >= 15 is 0 Å². The number of carboxylic acid groups (broad SMARTS) is 1. The van der Waals surface area contributed by atoms with Gasteiger partial charge < -0.3 is 14.4 Å². The van der Waals surface area contributed by atoms with Crippen molar-refractivity contribution < 1.29 is 19.1 Å². The first-order valence-electron chi connectivity index (χ1n) is 6.58. The first-order chi connectivity index (χ1) is 9.38. The Hall–Kier alpha value is -1.82. The van der Waals surface area contributed by atoms with Crippen LogP contribution in [0.5, 0.6) is 0 Å². The fraction of sp³-hybridized carbons (Fsp3) is 0.571. The number of hydrogen-bond acceptors (Lipinski definition) is 4. The van der Waals surface area contributed by atoms with E-state index in [9.17, 15) is 9.59 Å². The summed E-state index contributed by atoms with van der Waals surface area (Å²) in [5, 5.41) is 8.56. The Kier molecular flexibility index (Phi) is 6.24. The third kappa shape index (κ3) is 5.88. The third-order valence-corrected chi connectivity index (χ3v) is 2.95. The minimum absolute atomic E-state index is 0.0168. The molecule has 0 saturated heterocycles. The third-order valence-electron chi connectivity index (χ3n) is 2.95. The fourth-order valence-electron chi connectivity index (χ4n) is 1.82. The summed E-state index contributed by atoms with van der Waals surface area (Å²) in [5.74, 6) is 0.755. The van der Waals surface area contributed by atoms with Crippen molar-refractivity contribution in [1.29, 1.82) is 0 Å². The van der Waals surface area contributed by atoms with Gasteiger partial charge in [-0.25, -0.2) is 0 Å². The molecule has 20 heavy (non-hydrogen) atoms. The normalized spacial score (nSPS) is 10.8. The zero-order chi connectivity index (χ0) is 15.1. The van der Waals surface area contributed by atoms with Gasteiger partial charge >= 0.3 is 5.97 Å². The monoisotopic (exact) mass is 282 g/mol. The highest BCUT2D eigenvalue weighted by Crippen LogP contribution is 2.08. The summed E-state index contributed by atoms with van der Waals surface area (Å²) in [6, 6.07) is 3.72. The number of carbonyl (C=O) groups is 2. The van der Waals surface area contributed by atoms with E-state index in [1.807, 2.05) is 31.0 Å². The van der Waals surface area contributed by atoms with Crippen LogP contribution in [0.15, 0.2) is 16.5 Å². The molecule has 0 fully saturated rings. The summed E-state index contributed by atoms with van der Waals surface area (Å²) in [6.07, 6.45) is 0.667. The number of hydrogen-bond donors (Lipinski definition) is 1. The Balaban J connectivity index is 2.31. The lowest BCUT2D eigenvalue weighted by molar-refractivity contribution is -0.137. The standard InChI is InChI=1S/C14H22N2O4/c1-11-6-7-12(20-11)9-16(3)13(17)10-15(2)8-4-5-14(18)19/h6-7H,4-5,8-10H2,1-3H3,(H,18,19). The molecule has 1 aromatic rings. The van der Waals surface area contributed by atoms with E-state index < -0.39 is 5.97 Å². The molecule has 1 amide bonds. The van der Waals surface area contributed by atoms with Gasteiger partial charge in [-0.05, 0) is 39.1 Å². The molecule has 6 heteroatoms. The molecule has 1 aromatic heterocycles. The van der Waals surface area contributed by atoms with Crippen molar-refractivity contribution in [3.8, 4) is 0 Å². The number of carboxylic acids is 1. The van der Waals surface area contributed by atoms with E-state index in [0.29, 0.717) is 19.5 Å². The number of aryl methyl sites for hydroxylation is 1. The van der Waals surface area contributed by atoms with Crippen LogP contribution in [-0.2, 0) is 16.1 Å². The summed E-state index contributed by atoms with van der Waals surface area (Å²) in [6.45, 7) is 3.17. The molecule has 0 aromatic carbocycles. The predicted molar refractivity (Wildman–Crippen MR) is 74.3 cm³/mol. The maximum Gasteiger partial charge on any atom is 0.303 e. The van der Waals surface area contributed by atoms with Crippen molar-refractivity contribution in [1.82, 2.24) is 9.80 Å². The highest BCUT2D eigenvalue weighted by Gasteiger charge is 2.13. The van der Waals surface area contributed by atoms with Crippen molar-refractivity contribution in [2.75, 3.05) is 27.2 Å². The molecule has 0 aliphatic carbocycles. The lowest BCUT2D eigenvalue weighted by Gasteiger charge is -2.21. The number of furan rings is 1. The number of nitrogens with zero attached hydrogens (tertiary/aromatic N) is 2. The van der Waals surface area contributed by atoms with E-state index in [4.69, 9.17) is 9.52 Å². The smallest absolute Gasteiger partial charge is 0.303 e. The molecule has 0 bridgehead atoms. The first-order valence-corrected chi connectivity index (χ1v) is 6.58. The minimum Gasteiger partial charge on any atom is -0.481 e. The van der Waals surface area contributed by atoms with Crippen molar-refractivity contribution in [3.05, 3.63) is 23.7 Å². The van der Waals surface area contributed by atoms with Gasteiger partial charge in [-0.3, -0.25) is 14.5 Å².